The third-order valence-corrected chi connectivity index (χ3v) is 4.28. The summed E-state index contributed by atoms with van der Waals surface area (Å²) in [6.45, 7) is 2.25. The van der Waals surface area contributed by atoms with E-state index in [1.165, 1.54) is 0 Å². The molecule has 1 aromatic carbocycles. The third-order valence-electron chi connectivity index (χ3n) is 3.28. The standard InChI is InChI=1S/C16H13BrN2O.BrH/c1-11-15(17)13-8-5-9-19(16(13)18-11)10-14(20)12-6-3-2-4-7-12;/h2-9H,10H2,1H3;1H. The highest BCUT2D eigenvalue weighted by Gasteiger charge is 2.17. The summed E-state index contributed by atoms with van der Waals surface area (Å²) in [4.78, 5) is 16.8. The van der Waals surface area contributed by atoms with Gasteiger partial charge in [-0.3, -0.25) is 4.79 Å². The van der Waals surface area contributed by atoms with Crippen LogP contribution in [0, 0.1) is 6.92 Å². The first-order chi connectivity index (χ1) is 9.66. The van der Waals surface area contributed by atoms with Gasteiger partial charge in [-0.25, -0.2) is 4.98 Å². The molecule has 0 unspecified atom stereocenters. The maximum atomic E-state index is 12.3. The van der Waals surface area contributed by atoms with Crippen LogP contribution < -0.4 is 0 Å². The molecule has 0 aliphatic carbocycles. The van der Waals surface area contributed by atoms with Crippen LogP contribution in [0.15, 0.2) is 53.1 Å². The Balaban J connectivity index is 0.00000161. The second kappa shape index (κ2) is 6.54. The number of carbonyl (C=O) groups is 1. The van der Waals surface area contributed by atoms with Crippen LogP contribution in [0.3, 0.4) is 0 Å². The SMILES string of the molecule is Br.Cc1nc2n(CC(=O)c3ccccc3)cccc-2c1Br. The molecule has 2 aliphatic rings. The Morgan fingerprint density at radius 2 is 1.90 bits per heavy atom. The monoisotopic (exact) mass is 408 g/mol. The van der Waals surface area contributed by atoms with Crippen LogP contribution in [0.2, 0.25) is 0 Å². The van der Waals surface area contributed by atoms with Crippen molar-refractivity contribution in [3.8, 4) is 11.4 Å². The lowest BCUT2D eigenvalue weighted by Crippen LogP contribution is -2.12. The van der Waals surface area contributed by atoms with Gasteiger partial charge in [-0.1, -0.05) is 30.3 Å². The molecule has 0 bridgehead atoms. The summed E-state index contributed by atoms with van der Waals surface area (Å²) in [5, 5.41) is 0. The van der Waals surface area contributed by atoms with Crippen LogP contribution in [0.1, 0.15) is 16.1 Å². The van der Waals surface area contributed by atoms with Crippen molar-refractivity contribution in [2.24, 2.45) is 0 Å². The number of Topliss-reactive ketones (excluding diaryl/α,β-unsaturated/α-hetero) is 1. The Morgan fingerprint density at radius 3 is 2.62 bits per heavy atom. The summed E-state index contributed by atoms with van der Waals surface area (Å²) in [7, 11) is 0. The molecule has 0 spiro atoms. The van der Waals surface area contributed by atoms with E-state index in [0.717, 1.165) is 27.1 Å². The molecule has 2 heterocycles. The molecule has 3 nitrogen and oxygen atoms in total. The molecular weight excluding hydrogens is 396 g/mol. The Morgan fingerprint density at radius 1 is 1.19 bits per heavy atom. The second-order valence-corrected chi connectivity index (χ2v) is 5.47. The van der Waals surface area contributed by atoms with Gasteiger partial charge in [0, 0.05) is 21.8 Å². The van der Waals surface area contributed by atoms with E-state index >= 15 is 0 Å². The number of rotatable bonds is 3. The van der Waals surface area contributed by atoms with E-state index in [1.54, 1.807) is 0 Å². The van der Waals surface area contributed by atoms with Crippen LogP contribution >= 0.6 is 32.9 Å². The molecule has 0 aromatic heterocycles. The first kappa shape index (κ1) is 15.9. The van der Waals surface area contributed by atoms with E-state index in [9.17, 15) is 4.79 Å². The molecule has 0 amide bonds. The maximum absolute atomic E-state index is 12.3. The van der Waals surface area contributed by atoms with Gasteiger partial charge in [0.2, 0.25) is 0 Å². The van der Waals surface area contributed by atoms with Crippen molar-refractivity contribution in [2.75, 3.05) is 0 Å². The molecule has 0 fully saturated rings. The summed E-state index contributed by atoms with van der Waals surface area (Å²) in [5.74, 6) is 0.918. The van der Waals surface area contributed by atoms with Gasteiger partial charge in [0.1, 0.15) is 5.82 Å². The van der Waals surface area contributed by atoms with Crippen LogP contribution in [0.25, 0.3) is 11.4 Å². The minimum absolute atomic E-state index is 0. The zero-order chi connectivity index (χ0) is 14.1. The van der Waals surface area contributed by atoms with Crippen molar-refractivity contribution in [3.63, 3.8) is 0 Å². The number of fused-ring (bicyclic) bond motifs is 1. The maximum Gasteiger partial charge on any atom is 0.182 e. The number of ketones is 1. The fourth-order valence-corrected chi connectivity index (χ4v) is 2.64. The second-order valence-electron chi connectivity index (χ2n) is 4.67. The van der Waals surface area contributed by atoms with E-state index in [0.29, 0.717) is 6.54 Å². The first-order valence-electron chi connectivity index (χ1n) is 6.36. The quantitative estimate of drug-likeness (QED) is 0.596. The minimum atomic E-state index is 0. The van der Waals surface area contributed by atoms with Crippen LogP contribution in [-0.2, 0) is 6.54 Å². The molecular formula is C16H14Br2N2O. The Hall–Kier alpha value is -1.46. The minimum Gasteiger partial charge on any atom is -0.325 e. The number of halogens is 2. The van der Waals surface area contributed by atoms with Crippen LogP contribution in [-0.4, -0.2) is 15.3 Å². The van der Waals surface area contributed by atoms with Gasteiger partial charge >= 0.3 is 0 Å². The van der Waals surface area contributed by atoms with Crippen molar-refractivity contribution in [3.05, 3.63) is 64.4 Å². The number of hydrogen-bond donors (Lipinski definition) is 0. The highest BCUT2D eigenvalue weighted by atomic mass is 79.9. The predicted molar refractivity (Wildman–Crippen MR) is 92.4 cm³/mol. The summed E-state index contributed by atoms with van der Waals surface area (Å²) in [5.41, 5.74) is 2.69. The Bertz CT molecular complexity index is 738. The number of pyridine rings is 1. The molecule has 0 radical (unpaired) electrons. The normalized spacial score (nSPS) is 10.4. The van der Waals surface area contributed by atoms with Gasteiger partial charge < -0.3 is 4.57 Å². The number of carbonyl (C=O) groups excluding carboxylic acids is 1. The predicted octanol–water partition coefficient (Wildman–Crippen LogP) is 4.52. The number of hydrogen-bond acceptors (Lipinski definition) is 2. The van der Waals surface area contributed by atoms with Gasteiger partial charge in [-0.15, -0.1) is 17.0 Å². The average molecular weight is 410 g/mol. The molecule has 5 heteroatoms. The van der Waals surface area contributed by atoms with Crippen molar-refractivity contribution in [2.45, 2.75) is 13.5 Å². The largest absolute Gasteiger partial charge is 0.325 e. The lowest BCUT2D eigenvalue weighted by atomic mass is 10.1. The van der Waals surface area contributed by atoms with E-state index < -0.39 is 0 Å². The van der Waals surface area contributed by atoms with Crippen LogP contribution in [0.5, 0.6) is 0 Å². The van der Waals surface area contributed by atoms with Gasteiger partial charge in [0.15, 0.2) is 5.78 Å². The Kier molecular flexibility index (Phi) is 4.96. The van der Waals surface area contributed by atoms with Crippen molar-refractivity contribution in [1.29, 1.82) is 0 Å². The molecule has 0 saturated carbocycles. The van der Waals surface area contributed by atoms with Crippen molar-refractivity contribution >= 4 is 38.7 Å². The van der Waals surface area contributed by atoms with E-state index in [1.807, 2.05) is 60.2 Å². The van der Waals surface area contributed by atoms with Gasteiger partial charge in [-0.05, 0) is 35.0 Å². The highest BCUT2D eigenvalue weighted by Crippen LogP contribution is 2.32. The number of nitrogens with zero attached hydrogens (tertiary/aromatic N) is 2. The van der Waals surface area contributed by atoms with Crippen molar-refractivity contribution in [1.82, 2.24) is 9.55 Å². The molecule has 108 valence electrons. The summed E-state index contributed by atoms with van der Waals surface area (Å²) in [6, 6.07) is 13.3. The van der Waals surface area contributed by atoms with Crippen LogP contribution in [0.4, 0.5) is 0 Å². The van der Waals surface area contributed by atoms with E-state index in [4.69, 9.17) is 0 Å². The summed E-state index contributed by atoms with van der Waals surface area (Å²) >= 11 is 3.54. The molecule has 0 atom stereocenters. The molecule has 0 N–H and O–H groups in total. The van der Waals surface area contributed by atoms with Crippen molar-refractivity contribution < 1.29 is 4.79 Å². The number of benzene rings is 1. The lowest BCUT2D eigenvalue weighted by molar-refractivity contribution is 0.0972. The summed E-state index contributed by atoms with van der Waals surface area (Å²) in [6.07, 6.45) is 1.89. The van der Waals surface area contributed by atoms with Gasteiger partial charge in [-0.2, -0.15) is 0 Å². The van der Waals surface area contributed by atoms with Gasteiger partial charge in [0.25, 0.3) is 0 Å². The van der Waals surface area contributed by atoms with E-state index in [-0.39, 0.29) is 22.8 Å². The Labute approximate surface area is 142 Å². The zero-order valence-corrected chi connectivity index (χ0v) is 14.7. The fourth-order valence-electron chi connectivity index (χ4n) is 2.24. The molecule has 3 rings (SSSR count). The smallest absolute Gasteiger partial charge is 0.182 e. The molecule has 1 aromatic rings. The molecule has 2 aliphatic heterocycles. The number of aromatic nitrogens is 2. The molecule has 0 saturated heterocycles. The van der Waals surface area contributed by atoms with E-state index in [2.05, 4.69) is 20.9 Å². The third kappa shape index (κ3) is 3.09. The fraction of sp³-hybridized carbons (Fsp3) is 0.125. The summed E-state index contributed by atoms with van der Waals surface area (Å²) < 4.78 is 2.89. The lowest BCUT2D eigenvalue weighted by Gasteiger charge is -2.10. The number of aryl methyl sites for hydroxylation is 1. The highest BCUT2D eigenvalue weighted by molar-refractivity contribution is 9.10. The molecule has 21 heavy (non-hydrogen) atoms. The first-order valence-corrected chi connectivity index (χ1v) is 7.15. The zero-order valence-electron chi connectivity index (χ0n) is 11.4. The topological polar surface area (TPSA) is 34.9 Å². The average Bonchev–Trinajstić information content (AvgIpc) is 2.77. The van der Waals surface area contributed by atoms with Gasteiger partial charge in [0.05, 0.1) is 12.2 Å².